The maximum Gasteiger partial charge on any atom is 0.307 e. The number of halogens is 1. The zero-order valence-electron chi connectivity index (χ0n) is 16.1. The van der Waals surface area contributed by atoms with Crippen molar-refractivity contribution in [3.05, 3.63) is 52.5 Å². The van der Waals surface area contributed by atoms with E-state index in [9.17, 15) is 9.59 Å². The molecule has 150 valence electrons. The van der Waals surface area contributed by atoms with Gasteiger partial charge in [-0.05, 0) is 42.2 Å². The molecule has 0 aliphatic rings. The summed E-state index contributed by atoms with van der Waals surface area (Å²) >= 11 is 7.70. The summed E-state index contributed by atoms with van der Waals surface area (Å²) in [6, 6.07) is 9.78. The van der Waals surface area contributed by atoms with Crippen LogP contribution in [-0.4, -0.2) is 39.5 Å². The fourth-order valence-electron chi connectivity index (χ4n) is 2.61. The van der Waals surface area contributed by atoms with Gasteiger partial charge in [0.25, 0.3) is 5.91 Å². The van der Waals surface area contributed by atoms with Crippen LogP contribution in [0.1, 0.15) is 28.4 Å². The minimum atomic E-state index is -0.631. The van der Waals surface area contributed by atoms with Crippen LogP contribution in [0.4, 0.5) is 0 Å². The van der Waals surface area contributed by atoms with Crippen molar-refractivity contribution in [2.75, 3.05) is 27.6 Å². The summed E-state index contributed by atoms with van der Waals surface area (Å²) in [6.45, 7) is 0. The van der Waals surface area contributed by atoms with Crippen LogP contribution in [0.5, 0.6) is 11.5 Å². The molecule has 0 aliphatic carbocycles. The van der Waals surface area contributed by atoms with E-state index < -0.39 is 12.0 Å². The number of nitrogens with one attached hydrogen (secondary N) is 1. The largest absolute Gasteiger partial charge is 0.493 e. The number of hydrogen-bond donors (Lipinski definition) is 1. The molecule has 0 radical (unpaired) electrons. The van der Waals surface area contributed by atoms with Crippen LogP contribution in [0.25, 0.3) is 0 Å². The number of carbonyl (C=O) groups excluding carboxylic acids is 2. The van der Waals surface area contributed by atoms with Gasteiger partial charge >= 0.3 is 5.97 Å². The molecule has 6 nitrogen and oxygen atoms in total. The van der Waals surface area contributed by atoms with E-state index in [0.717, 1.165) is 4.90 Å². The number of carbonyl (C=O) groups is 2. The van der Waals surface area contributed by atoms with Crippen molar-refractivity contribution in [2.24, 2.45) is 0 Å². The molecule has 0 aliphatic heterocycles. The van der Waals surface area contributed by atoms with Crippen LogP contribution in [0.15, 0.2) is 41.3 Å². The third kappa shape index (κ3) is 5.33. The van der Waals surface area contributed by atoms with Gasteiger partial charge in [-0.2, -0.15) is 0 Å². The van der Waals surface area contributed by atoms with Crippen molar-refractivity contribution in [1.82, 2.24) is 5.32 Å². The maximum absolute atomic E-state index is 12.9. The van der Waals surface area contributed by atoms with Crippen molar-refractivity contribution >= 4 is 35.2 Å². The second kappa shape index (κ2) is 10.2. The Hall–Kier alpha value is -2.38. The van der Waals surface area contributed by atoms with E-state index in [-0.39, 0.29) is 12.3 Å². The molecule has 1 amide bonds. The SMILES string of the molecule is COC(=O)CC(NC(=O)c1cc(SC)ccc1Cl)c1ccc(OC)c(OC)c1. The predicted molar refractivity (Wildman–Crippen MR) is 110 cm³/mol. The molecule has 0 spiro atoms. The van der Waals surface area contributed by atoms with E-state index in [1.165, 1.54) is 33.1 Å². The highest BCUT2D eigenvalue weighted by molar-refractivity contribution is 7.98. The summed E-state index contributed by atoms with van der Waals surface area (Å²) in [5.74, 6) is 0.199. The number of thioether (sulfide) groups is 1. The number of amides is 1. The van der Waals surface area contributed by atoms with E-state index >= 15 is 0 Å². The lowest BCUT2D eigenvalue weighted by atomic mass is 10.0. The smallest absolute Gasteiger partial charge is 0.307 e. The second-order valence-electron chi connectivity index (χ2n) is 5.77. The summed E-state index contributed by atoms with van der Waals surface area (Å²) < 4.78 is 15.3. The Morgan fingerprint density at radius 1 is 1.07 bits per heavy atom. The molecular weight excluding hydrogens is 402 g/mol. The molecule has 2 rings (SSSR count). The Morgan fingerprint density at radius 3 is 2.39 bits per heavy atom. The molecule has 2 aromatic rings. The predicted octanol–water partition coefficient (Wildman–Crippen LogP) is 4.11. The van der Waals surface area contributed by atoms with E-state index in [1.807, 2.05) is 12.3 Å². The summed E-state index contributed by atoms with van der Waals surface area (Å²) in [6.07, 6.45) is 1.87. The van der Waals surface area contributed by atoms with Crippen LogP contribution in [-0.2, 0) is 9.53 Å². The summed E-state index contributed by atoms with van der Waals surface area (Å²) in [5, 5.41) is 3.20. The molecule has 1 atom stereocenters. The van der Waals surface area contributed by atoms with Gasteiger partial charge < -0.3 is 19.5 Å². The van der Waals surface area contributed by atoms with Crippen LogP contribution >= 0.6 is 23.4 Å². The van der Waals surface area contributed by atoms with Gasteiger partial charge in [-0.25, -0.2) is 0 Å². The van der Waals surface area contributed by atoms with Crippen molar-refractivity contribution in [2.45, 2.75) is 17.4 Å². The molecule has 0 saturated carbocycles. The monoisotopic (exact) mass is 423 g/mol. The normalized spacial score (nSPS) is 11.5. The molecule has 0 bridgehead atoms. The van der Waals surface area contributed by atoms with Gasteiger partial charge in [0.05, 0.1) is 44.4 Å². The summed E-state index contributed by atoms with van der Waals surface area (Å²) in [4.78, 5) is 25.7. The van der Waals surface area contributed by atoms with Gasteiger partial charge in [-0.15, -0.1) is 11.8 Å². The summed E-state index contributed by atoms with van der Waals surface area (Å²) in [5.41, 5.74) is 1.01. The van der Waals surface area contributed by atoms with Crippen LogP contribution in [0.2, 0.25) is 5.02 Å². The molecule has 0 fully saturated rings. The highest BCUT2D eigenvalue weighted by Crippen LogP contribution is 2.31. The Kier molecular flexibility index (Phi) is 8.02. The van der Waals surface area contributed by atoms with E-state index in [2.05, 4.69) is 5.32 Å². The van der Waals surface area contributed by atoms with Gasteiger partial charge in [-0.3, -0.25) is 9.59 Å². The third-order valence-corrected chi connectivity index (χ3v) is 5.19. The lowest BCUT2D eigenvalue weighted by Crippen LogP contribution is -2.30. The quantitative estimate of drug-likeness (QED) is 0.508. The average Bonchev–Trinajstić information content (AvgIpc) is 2.72. The molecule has 8 heteroatoms. The molecule has 28 heavy (non-hydrogen) atoms. The second-order valence-corrected chi connectivity index (χ2v) is 7.05. The standard InChI is InChI=1S/C20H22ClNO5S/c1-25-17-8-5-12(9-18(17)26-2)16(11-19(23)27-3)22-20(24)14-10-13(28-4)6-7-15(14)21/h5-10,16H,11H2,1-4H3,(H,22,24). The molecule has 1 unspecified atom stereocenters. The van der Waals surface area contributed by atoms with Crippen molar-refractivity contribution in [3.8, 4) is 11.5 Å². The lowest BCUT2D eigenvalue weighted by molar-refractivity contribution is -0.141. The number of hydrogen-bond acceptors (Lipinski definition) is 6. The van der Waals surface area contributed by atoms with Gasteiger partial charge in [0.1, 0.15) is 0 Å². The van der Waals surface area contributed by atoms with Gasteiger partial charge in [0, 0.05) is 4.90 Å². The van der Waals surface area contributed by atoms with Gasteiger partial charge in [0.2, 0.25) is 0 Å². The van der Waals surface area contributed by atoms with Crippen LogP contribution in [0.3, 0.4) is 0 Å². The molecule has 0 saturated heterocycles. The number of methoxy groups -OCH3 is 3. The van der Waals surface area contributed by atoms with E-state index in [1.54, 1.807) is 30.3 Å². The van der Waals surface area contributed by atoms with Gasteiger partial charge in [0.15, 0.2) is 11.5 Å². The van der Waals surface area contributed by atoms with Gasteiger partial charge in [-0.1, -0.05) is 17.7 Å². The lowest BCUT2D eigenvalue weighted by Gasteiger charge is -2.20. The third-order valence-electron chi connectivity index (χ3n) is 4.13. The minimum absolute atomic E-state index is 0.0441. The van der Waals surface area contributed by atoms with Crippen molar-refractivity contribution < 1.29 is 23.8 Å². The number of ether oxygens (including phenoxy) is 3. The Bertz CT molecular complexity index is 858. The van der Waals surface area contributed by atoms with E-state index in [4.69, 9.17) is 25.8 Å². The molecule has 0 aromatic heterocycles. The fraction of sp³-hybridized carbons (Fsp3) is 0.300. The first-order valence-electron chi connectivity index (χ1n) is 8.36. The average molecular weight is 424 g/mol. The van der Waals surface area contributed by atoms with E-state index in [0.29, 0.717) is 27.6 Å². The Labute approximate surface area is 173 Å². The van der Waals surface area contributed by atoms with Crippen LogP contribution < -0.4 is 14.8 Å². The number of benzene rings is 2. The highest BCUT2D eigenvalue weighted by Gasteiger charge is 2.22. The maximum atomic E-state index is 12.9. The molecular formula is C20H22ClNO5S. The molecule has 1 N–H and O–H groups in total. The fourth-order valence-corrected chi connectivity index (χ4v) is 3.26. The zero-order valence-corrected chi connectivity index (χ0v) is 17.6. The van der Waals surface area contributed by atoms with Crippen LogP contribution in [0, 0.1) is 0 Å². The summed E-state index contributed by atoms with van der Waals surface area (Å²) in [7, 11) is 4.35. The van der Waals surface area contributed by atoms with Crippen molar-refractivity contribution in [3.63, 3.8) is 0 Å². The Balaban J connectivity index is 2.36. The number of rotatable bonds is 8. The first kappa shape index (κ1) is 21.9. The molecule has 2 aromatic carbocycles. The Morgan fingerprint density at radius 2 is 1.79 bits per heavy atom. The topological polar surface area (TPSA) is 73.9 Å². The first-order valence-corrected chi connectivity index (χ1v) is 9.96. The minimum Gasteiger partial charge on any atom is -0.493 e. The first-order chi connectivity index (χ1) is 13.4. The highest BCUT2D eigenvalue weighted by atomic mass is 35.5. The zero-order chi connectivity index (χ0) is 20.7. The number of esters is 1. The van der Waals surface area contributed by atoms with Crippen molar-refractivity contribution in [1.29, 1.82) is 0 Å². The molecule has 0 heterocycles.